The van der Waals surface area contributed by atoms with Crippen molar-refractivity contribution in [3.05, 3.63) is 12.3 Å². The first-order valence-corrected chi connectivity index (χ1v) is 5.77. The summed E-state index contributed by atoms with van der Waals surface area (Å²) >= 11 is 0. The van der Waals surface area contributed by atoms with Crippen molar-refractivity contribution in [1.29, 1.82) is 0 Å². The summed E-state index contributed by atoms with van der Waals surface area (Å²) in [4.78, 5) is 14.3. The molecule has 0 aromatic rings. The van der Waals surface area contributed by atoms with Crippen LogP contribution in [0.25, 0.3) is 0 Å². The van der Waals surface area contributed by atoms with E-state index in [0.717, 1.165) is 19.4 Å². The number of likely N-dealkylation sites (tertiary alicyclic amines) is 1. The molecule has 0 saturated carbocycles. The predicted octanol–water partition coefficient (Wildman–Crippen LogP) is 1.17. The van der Waals surface area contributed by atoms with Crippen LogP contribution in [0.4, 0.5) is 0 Å². The van der Waals surface area contributed by atoms with Gasteiger partial charge in [-0.25, -0.2) is 0 Å². The van der Waals surface area contributed by atoms with E-state index in [1.54, 1.807) is 13.4 Å². The second-order valence-corrected chi connectivity index (χ2v) is 4.78. The second-order valence-electron chi connectivity index (χ2n) is 4.78. The molecule has 1 saturated heterocycles. The molecule has 2 aliphatic heterocycles. The summed E-state index contributed by atoms with van der Waals surface area (Å²) in [5, 5.41) is 0. The summed E-state index contributed by atoms with van der Waals surface area (Å²) in [7, 11) is 1.68. The molecule has 0 bridgehead atoms. The van der Waals surface area contributed by atoms with Crippen LogP contribution in [-0.4, -0.2) is 43.7 Å². The fourth-order valence-electron chi connectivity index (χ4n) is 2.40. The maximum Gasteiger partial charge on any atom is 0.236 e. The Hall–Kier alpha value is -1.03. The van der Waals surface area contributed by atoms with Gasteiger partial charge in [0.25, 0.3) is 0 Å². The highest BCUT2D eigenvalue weighted by atomic mass is 16.5. The van der Waals surface area contributed by atoms with Gasteiger partial charge in [-0.3, -0.25) is 4.79 Å². The highest BCUT2D eigenvalue weighted by Crippen LogP contribution is 2.30. The van der Waals surface area contributed by atoms with E-state index in [1.165, 1.54) is 0 Å². The molecule has 0 aromatic carbocycles. The fraction of sp³-hybridized carbons (Fsp3) is 0.750. The van der Waals surface area contributed by atoms with Gasteiger partial charge in [0.15, 0.2) is 0 Å². The van der Waals surface area contributed by atoms with E-state index in [0.29, 0.717) is 13.2 Å². The number of rotatable bonds is 3. The van der Waals surface area contributed by atoms with Gasteiger partial charge >= 0.3 is 0 Å². The predicted molar refractivity (Wildman–Crippen MR) is 59.8 cm³/mol. The lowest BCUT2D eigenvalue weighted by Gasteiger charge is -2.30. The lowest BCUT2D eigenvalue weighted by molar-refractivity contribution is -0.141. The highest BCUT2D eigenvalue weighted by molar-refractivity contribution is 5.85. The van der Waals surface area contributed by atoms with Crippen LogP contribution in [0.2, 0.25) is 0 Å². The quantitative estimate of drug-likeness (QED) is 0.724. The Labute approximate surface area is 96.2 Å². The van der Waals surface area contributed by atoms with Crippen molar-refractivity contribution in [2.45, 2.75) is 25.8 Å². The van der Waals surface area contributed by atoms with E-state index in [4.69, 9.17) is 9.47 Å². The van der Waals surface area contributed by atoms with Gasteiger partial charge in [0.1, 0.15) is 12.0 Å². The fourth-order valence-corrected chi connectivity index (χ4v) is 2.40. The molecule has 1 amide bonds. The smallest absolute Gasteiger partial charge is 0.236 e. The minimum Gasteiger partial charge on any atom is -0.500 e. The summed E-state index contributed by atoms with van der Waals surface area (Å²) in [6.45, 7) is 3.87. The first-order chi connectivity index (χ1) is 7.67. The van der Waals surface area contributed by atoms with Crippen LogP contribution in [0.1, 0.15) is 19.8 Å². The van der Waals surface area contributed by atoms with Crippen molar-refractivity contribution in [2.75, 3.05) is 26.9 Å². The van der Waals surface area contributed by atoms with Gasteiger partial charge in [-0.15, -0.1) is 0 Å². The summed E-state index contributed by atoms with van der Waals surface area (Å²) in [5.41, 5.74) is -0.476. The number of hydrogen-bond acceptors (Lipinski definition) is 3. The number of ether oxygens (including phenoxy) is 2. The third-order valence-electron chi connectivity index (χ3n) is 3.40. The Morgan fingerprint density at radius 1 is 1.69 bits per heavy atom. The van der Waals surface area contributed by atoms with Gasteiger partial charge in [-0.1, -0.05) is 0 Å². The van der Waals surface area contributed by atoms with Crippen LogP contribution >= 0.6 is 0 Å². The summed E-state index contributed by atoms with van der Waals surface area (Å²) in [6, 6.07) is 0.239. The molecule has 0 radical (unpaired) electrons. The molecule has 0 N–H and O–H groups in total. The van der Waals surface area contributed by atoms with Crippen molar-refractivity contribution in [1.82, 2.24) is 4.90 Å². The van der Waals surface area contributed by atoms with Gasteiger partial charge in [-0.05, 0) is 25.8 Å². The molecule has 2 rings (SSSR count). The van der Waals surface area contributed by atoms with Crippen molar-refractivity contribution in [3.63, 3.8) is 0 Å². The number of hydrogen-bond donors (Lipinski definition) is 0. The normalized spacial score (nSPS) is 33.1. The minimum absolute atomic E-state index is 0.167. The largest absolute Gasteiger partial charge is 0.500 e. The van der Waals surface area contributed by atoms with Crippen molar-refractivity contribution in [3.8, 4) is 0 Å². The first-order valence-electron chi connectivity index (χ1n) is 5.77. The summed E-state index contributed by atoms with van der Waals surface area (Å²) in [5.74, 6) is 0.167. The third-order valence-corrected chi connectivity index (χ3v) is 3.40. The maximum atomic E-state index is 12.4. The molecule has 2 heterocycles. The monoisotopic (exact) mass is 225 g/mol. The minimum atomic E-state index is -0.476. The number of methoxy groups -OCH3 is 1. The first kappa shape index (κ1) is 11.5. The second kappa shape index (κ2) is 4.45. The van der Waals surface area contributed by atoms with Crippen LogP contribution in [0.3, 0.4) is 0 Å². The average molecular weight is 225 g/mol. The van der Waals surface area contributed by atoms with E-state index in [1.807, 2.05) is 17.9 Å². The van der Waals surface area contributed by atoms with Crippen LogP contribution < -0.4 is 0 Å². The number of amides is 1. The molecule has 2 aliphatic rings. The van der Waals surface area contributed by atoms with Gasteiger partial charge in [0.2, 0.25) is 5.91 Å². The van der Waals surface area contributed by atoms with Crippen molar-refractivity contribution < 1.29 is 14.3 Å². The third kappa shape index (κ3) is 1.94. The number of carbonyl (C=O) groups is 1. The van der Waals surface area contributed by atoms with Gasteiger partial charge in [0, 0.05) is 13.7 Å². The van der Waals surface area contributed by atoms with Gasteiger partial charge in [-0.2, -0.15) is 0 Å². The molecule has 0 aromatic heterocycles. The van der Waals surface area contributed by atoms with E-state index in [-0.39, 0.29) is 11.9 Å². The Bertz CT molecular complexity index is 303. The number of carbonyl (C=O) groups excluding carboxylic acids is 1. The molecule has 90 valence electrons. The van der Waals surface area contributed by atoms with Gasteiger partial charge in [0.05, 0.1) is 18.9 Å². The zero-order valence-electron chi connectivity index (χ0n) is 9.94. The molecular weight excluding hydrogens is 206 g/mol. The highest BCUT2D eigenvalue weighted by Gasteiger charge is 2.41. The molecule has 4 heteroatoms. The molecule has 16 heavy (non-hydrogen) atoms. The molecular formula is C12H19NO3. The van der Waals surface area contributed by atoms with Crippen LogP contribution in [-0.2, 0) is 14.3 Å². The van der Waals surface area contributed by atoms with Crippen LogP contribution in [0, 0.1) is 5.41 Å². The van der Waals surface area contributed by atoms with E-state index in [2.05, 4.69) is 0 Å². The Morgan fingerprint density at radius 2 is 2.50 bits per heavy atom. The van der Waals surface area contributed by atoms with Crippen LogP contribution in [0.15, 0.2) is 12.3 Å². The Kier molecular flexibility index (Phi) is 3.19. The SMILES string of the molecule is COCC1CCCN1C(=O)C1(C)C=COC1. The van der Waals surface area contributed by atoms with Crippen molar-refractivity contribution in [2.24, 2.45) is 5.41 Å². The van der Waals surface area contributed by atoms with Crippen molar-refractivity contribution >= 4 is 5.91 Å². The topological polar surface area (TPSA) is 38.8 Å². The average Bonchev–Trinajstić information content (AvgIpc) is 2.88. The summed E-state index contributed by atoms with van der Waals surface area (Å²) < 4.78 is 10.3. The van der Waals surface area contributed by atoms with E-state index >= 15 is 0 Å². The zero-order valence-corrected chi connectivity index (χ0v) is 9.94. The van der Waals surface area contributed by atoms with Crippen LogP contribution in [0.5, 0.6) is 0 Å². The molecule has 1 fully saturated rings. The van der Waals surface area contributed by atoms with Gasteiger partial charge < -0.3 is 14.4 Å². The molecule has 2 atom stereocenters. The molecule has 0 spiro atoms. The standard InChI is InChI=1S/C12H19NO3/c1-12(5-7-16-9-12)11(14)13-6-3-4-10(13)8-15-2/h5,7,10H,3-4,6,8-9H2,1-2H3. The Morgan fingerprint density at radius 3 is 3.12 bits per heavy atom. The lowest BCUT2D eigenvalue weighted by Crippen LogP contribution is -2.46. The maximum absolute atomic E-state index is 12.4. The molecule has 2 unspecified atom stereocenters. The Balaban J connectivity index is 2.06. The summed E-state index contributed by atoms with van der Waals surface area (Å²) in [6.07, 6.45) is 5.59. The molecule has 4 nitrogen and oxygen atoms in total. The molecule has 0 aliphatic carbocycles. The lowest BCUT2D eigenvalue weighted by atomic mass is 9.91. The van der Waals surface area contributed by atoms with E-state index < -0.39 is 5.41 Å². The van der Waals surface area contributed by atoms with E-state index in [9.17, 15) is 4.79 Å². The zero-order chi connectivity index (χ0) is 11.6. The number of nitrogens with zero attached hydrogens (tertiary/aromatic N) is 1.